The van der Waals surface area contributed by atoms with Crippen LogP contribution in [0.4, 0.5) is 0 Å². The van der Waals surface area contributed by atoms with E-state index in [1.165, 1.54) is 0 Å². The molecule has 64 valence electrons. The summed E-state index contributed by atoms with van der Waals surface area (Å²) in [5, 5.41) is 8.22. The number of nitrogens with zero attached hydrogens (tertiary/aromatic N) is 1. The minimum absolute atomic E-state index is 0.666. The molecule has 0 rings (SSSR count). The maximum atomic E-state index is 8.22. The van der Waals surface area contributed by atoms with Crippen LogP contribution in [0.25, 0.3) is 0 Å². The van der Waals surface area contributed by atoms with Gasteiger partial charge < -0.3 is 4.74 Å². The summed E-state index contributed by atoms with van der Waals surface area (Å²) in [5.74, 6) is 2.07. The van der Waals surface area contributed by atoms with Gasteiger partial charge in [0.15, 0.2) is 0 Å². The Morgan fingerprint density at radius 2 is 2.27 bits per heavy atom. The molecular weight excluding hydrogens is 158 g/mol. The molecule has 0 fully saturated rings. The molecule has 0 heterocycles. The van der Waals surface area contributed by atoms with Crippen LogP contribution in [0.3, 0.4) is 0 Å². The van der Waals surface area contributed by atoms with E-state index in [-0.39, 0.29) is 0 Å². The summed E-state index contributed by atoms with van der Waals surface area (Å²) in [7, 11) is 0. The van der Waals surface area contributed by atoms with Crippen LogP contribution in [0.1, 0.15) is 19.8 Å². The van der Waals surface area contributed by atoms with Crippen molar-refractivity contribution < 1.29 is 4.74 Å². The molecule has 0 aromatic carbocycles. The Morgan fingerprint density at radius 1 is 1.45 bits per heavy atom. The molecular formula is C8H15NOS. The van der Waals surface area contributed by atoms with Crippen molar-refractivity contribution in [3.8, 4) is 6.07 Å². The molecule has 0 unspecified atom stereocenters. The van der Waals surface area contributed by atoms with Crippen LogP contribution >= 0.6 is 11.8 Å². The molecule has 0 aliphatic rings. The summed E-state index contributed by atoms with van der Waals surface area (Å²) in [6, 6.07) is 2.12. The minimum Gasteiger partial charge on any atom is -0.382 e. The van der Waals surface area contributed by atoms with Crippen LogP contribution in [-0.2, 0) is 4.74 Å². The van der Waals surface area contributed by atoms with E-state index in [1.807, 2.05) is 18.7 Å². The second-order valence-electron chi connectivity index (χ2n) is 2.07. The van der Waals surface area contributed by atoms with Gasteiger partial charge in [0.25, 0.3) is 0 Å². The molecule has 2 nitrogen and oxygen atoms in total. The Hall–Kier alpha value is -0.200. The van der Waals surface area contributed by atoms with Gasteiger partial charge in [-0.15, -0.1) is 0 Å². The van der Waals surface area contributed by atoms with Gasteiger partial charge in [-0.1, -0.05) is 0 Å². The molecule has 11 heavy (non-hydrogen) atoms. The summed E-state index contributed by atoms with van der Waals surface area (Å²) >= 11 is 1.83. The molecule has 0 spiro atoms. The summed E-state index contributed by atoms with van der Waals surface area (Å²) in [6.07, 6.45) is 1.77. The molecule has 0 aromatic heterocycles. The molecule has 0 bridgehead atoms. The van der Waals surface area contributed by atoms with E-state index in [2.05, 4.69) is 6.07 Å². The lowest BCUT2D eigenvalue weighted by atomic mass is 10.5. The molecule has 0 aromatic rings. The highest BCUT2D eigenvalue weighted by Gasteiger charge is 1.88. The zero-order valence-electron chi connectivity index (χ0n) is 7.01. The van der Waals surface area contributed by atoms with Gasteiger partial charge in [0.2, 0.25) is 0 Å². The Kier molecular flexibility index (Phi) is 9.62. The number of ether oxygens (including phenoxy) is 1. The average Bonchev–Trinajstić information content (AvgIpc) is 2.03. The molecule has 0 atom stereocenters. The van der Waals surface area contributed by atoms with E-state index in [9.17, 15) is 0 Å². The molecule has 0 radical (unpaired) electrons. The van der Waals surface area contributed by atoms with Crippen molar-refractivity contribution in [3.05, 3.63) is 0 Å². The Labute approximate surface area is 72.9 Å². The highest BCUT2D eigenvalue weighted by molar-refractivity contribution is 7.99. The van der Waals surface area contributed by atoms with E-state index in [4.69, 9.17) is 10.00 Å². The lowest BCUT2D eigenvalue weighted by molar-refractivity contribution is 0.149. The van der Waals surface area contributed by atoms with Gasteiger partial charge in [0.1, 0.15) is 0 Å². The lowest BCUT2D eigenvalue weighted by Gasteiger charge is -1.99. The van der Waals surface area contributed by atoms with E-state index in [0.29, 0.717) is 6.42 Å². The zero-order chi connectivity index (χ0) is 8.36. The van der Waals surface area contributed by atoms with Gasteiger partial charge in [0.05, 0.1) is 6.07 Å². The van der Waals surface area contributed by atoms with E-state index in [1.54, 1.807) is 0 Å². The van der Waals surface area contributed by atoms with Crippen molar-refractivity contribution in [1.29, 1.82) is 5.26 Å². The predicted molar refractivity (Wildman–Crippen MR) is 48.7 cm³/mol. The first kappa shape index (κ1) is 10.8. The molecule has 0 N–H and O–H groups in total. The highest BCUT2D eigenvalue weighted by atomic mass is 32.2. The predicted octanol–water partition coefficient (Wildman–Crippen LogP) is 2.06. The van der Waals surface area contributed by atoms with Crippen LogP contribution in [0.15, 0.2) is 0 Å². The monoisotopic (exact) mass is 173 g/mol. The third-order valence-corrected chi connectivity index (χ3v) is 2.21. The van der Waals surface area contributed by atoms with Gasteiger partial charge in [-0.05, 0) is 19.1 Å². The Bertz CT molecular complexity index is 111. The summed E-state index contributed by atoms with van der Waals surface area (Å²) < 4.78 is 5.16. The third-order valence-electron chi connectivity index (χ3n) is 1.14. The topological polar surface area (TPSA) is 33.0 Å². The van der Waals surface area contributed by atoms with Crippen molar-refractivity contribution in [2.75, 3.05) is 24.7 Å². The SMILES string of the molecule is CCOCCCSCCC#N. The molecule has 0 saturated carbocycles. The fourth-order valence-electron chi connectivity index (χ4n) is 0.627. The number of rotatable bonds is 7. The zero-order valence-corrected chi connectivity index (χ0v) is 7.82. The van der Waals surface area contributed by atoms with Gasteiger partial charge in [-0.2, -0.15) is 17.0 Å². The number of hydrogen-bond donors (Lipinski definition) is 0. The molecule has 0 amide bonds. The molecule has 0 aliphatic carbocycles. The first-order valence-electron chi connectivity index (χ1n) is 3.94. The number of thioether (sulfide) groups is 1. The molecule has 0 saturated heterocycles. The normalized spacial score (nSPS) is 9.45. The second kappa shape index (κ2) is 9.80. The smallest absolute Gasteiger partial charge is 0.0630 e. The average molecular weight is 173 g/mol. The van der Waals surface area contributed by atoms with Crippen LogP contribution in [0.2, 0.25) is 0 Å². The van der Waals surface area contributed by atoms with Crippen molar-refractivity contribution in [3.63, 3.8) is 0 Å². The quantitative estimate of drug-likeness (QED) is 0.552. The third kappa shape index (κ3) is 9.80. The fourth-order valence-corrected chi connectivity index (χ4v) is 1.39. The number of nitriles is 1. The molecule has 0 aliphatic heterocycles. The standard InChI is InChI=1S/C8H15NOS/c1-2-10-6-4-8-11-7-3-5-9/h2-4,6-8H2,1H3. The van der Waals surface area contributed by atoms with Crippen molar-refractivity contribution in [2.24, 2.45) is 0 Å². The molecule has 3 heteroatoms. The highest BCUT2D eigenvalue weighted by Crippen LogP contribution is 2.03. The largest absolute Gasteiger partial charge is 0.382 e. The minimum atomic E-state index is 0.666. The summed E-state index contributed by atoms with van der Waals surface area (Å²) in [6.45, 7) is 3.67. The van der Waals surface area contributed by atoms with Gasteiger partial charge in [-0.25, -0.2) is 0 Å². The van der Waals surface area contributed by atoms with E-state index < -0.39 is 0 Å². The Balaban J connectivity index is 2.75. The maximum absolute atomic E-state index is 8.22. The van der Waals surface area contributed by atoms with Crippen molar-refractivity contribution in [2.45, 2.75) is 19.8 Å². The van der Waals surface area contributed by atoms with Gasteiger partial charge >= 0.3 is 0 Å². The van der Waals surface area contributed by atoms with E-state index >= 15 is 0 Å². The first-order chi connectivity index (χ1) is 5.41. The lowest BCUT2D eigenvalue weighted by Crippen LogP contribution is -1.94. The van der Waals surface area contributed by atoms with Gasteiger partial charge in [0, 0.05) is 25.4 Å². The summed E-state index contributed by atoms with van der Waals surface area (Å²) in [4.78, 5) is 0. The van der Waals surface area contributed by atoms with Crippen molar-refractivity contribution in [1.82, 2.24) is 0 Å². The number of hydrogen-bond acceptors (Lipinski definition) is 3. The van der Waals surface area contributed by atoms with Crippen LogP contribution < -0.4 is 0 Å². The van der Waals surface area contributed by atoms with E-state index in [0.717, 1.165) is 31.1 Å². The van der Waals surface area contributed by atoms with Crippen LogP contribution in [0, 0.1) is 11.3 Å². The second-order valence-corrected chi connectivity index (χ2v) is 3.30. The van der Waals surface area contributed by atoms with Crippen LogP contribution in [0.5, 0.6) is 0 Å². The first-order valence-corrected chi connectivity index (χ1v) is 5.09. The fraction of sp³-hybridized carbons (Fsp3) is 0.875. The van der Waals surface area contributed by atoms with Crippen LogP contribution in [-0.4, -0.2) is 24.7 Å². The van der Waals surface area contributed by atoms with Gasteiger partial charge in [-0.3, -0.25) is 0 Å². The van der Waals surface area contributed by atoms with Crippen molar-refractivity contribution >= 4 is 11.8 Å². The summed E-state index contributed by atoms with van der Waals surface area (Å²) in [5.41, 5.74) is 0. The Morgan fingerprint density at radius 3 is 2.91 bits per heavy atom. The maximum Gasteiger partial charge on any atom is 0.0630 e.